The minimum atomic E-state index is 0.595. The fourth-order valence-electron chi connectivity index (χ4n) is 8.71. The van der Waals surface area contributed by atoms with Crippen LogP contribution in [0, 0.1) is 17.9 Å². The molecule has 8 aromatic carbocycles. The number of hydrogen-bond donors (Lipinski definition) is 0. The zero-order valence-corrected chi connectivity index (χ0v) is 29.5. The van der Waals surface area contributed by atoms with Crippen LogP contribution in [0.3, 0.4) is 0 Å². The van der Waals surface area contributed by atoms with Crippen molar-refractivity contribution in [3.8, 4) is 34.3 Å². The molecule has 5 heteroatoms. The van der Waals surface area contributed by atoms with E-state index in [4.69, 9.17) is 6.57 Å². The van der Waals surface area contributed by atoms with Gasteiger partial charge in [-0.1, -0.05) is 97.1 Å². The molecule has 0 fully saturated rings. The van der Waals surface area contributed by atoms with Gasteiger partial charge in [-0.05, 0) is 84.4 Å². The van der Waals surface area contributed by atoms with Gasteiger partial charge in [0, 0.05) is 54.8 Å². The first-order chi connectivity index (χ1) is 27.2. The Morgan fingerprint density at radius 2 is 0.964 bits per heavy atom. The number of nitriles is 1. The van der Waals surface area contributed by atoms with E-state index in [1.54, 1.807) is 0 Å². The summed E-state index contributed by atoms with van der Waals surface area (Å²) in [5.41, 5.74) is 12.8. The van der Waals surface area contributed by atoms with Gasteiger partial charge in [-0.2, -0.15) is 5.26 Å². The lowest BCUT2D eigenvalue weighted by Gasteiger charge is -2.16. The van der Waals surface area contributed by atoms with Gasteiger partial charge in [-0.15, -0.1) is 0 Å². The van der Waals surface area contributed by atoms with Crippen molar-refractivity contribution < 1.29 is 0 Å². The molecular weight excluding hydrogens is 671 g/mol. The zero-order valence-electron chi connectivity index (χ0n) is 29.5. The third kappa shape index (κ3) is 4.51. The largest absolute Gasteiger partial charge is 0.310 e. The average Bonchev–Trinajstić information content (AvgIpc) is 3.88. The second kappa shape index (κ2) is 11.8. The van der Waals surface area contributed by atoms with Crippen LogP contribution in [0.2, 0.25) is 0 Å². The molecular formula is C50H29N5. The molecule has 3 aromatic heterocycles. The van der Waals surface area contributed by atoms with Crippen molar-refractivity contribution in [2.45, 2.75) is 0 Å². The summed E-state index contributed by atoms with van der Waals surface area (Å²) in [7, 11) is 0. The van der Waals surface area contributed by atoms with Crippen molar-refractivity contribution in [3.63, 3.8) is 0 Å². The van der Waals surface area contributed by atoms with Crippen LogP contribution in [-0.2, 0) is 0 Å². The Morgan fingerprint density at radius 1 is 0.418 bits per heavy atom. The van der Waals surface area contributed by atoms with Gasteiger partial charge in [0.2, 0.25) is 0 Å². The summed E-state index contributed by atoms with van der Waals surface area (Å²) in [6.45, 7) is 7.72. The van der Waals surface area contributed by atoms with Crippen molar-refractivity contribution in [1.29, 1.82) is 5.26 Å². The molecule has 0 N–H and O–H groups in total. The zero-order chi connectivity index (χ0) is 36.6. The topological polar surface area (TPSA) is 42.9 Å². The van der Waals surface area contributed by atoms with E-state index in [-0.39, 0.29) is 0 Å². The van der Waals surface area contributed by atoms with Gasteiger partial charge >= 0.3 is 0 Å². The minimum absolute atomic E-state index is 0.595. The predicted octanol–water partition coefficient (Wildman–Crippen LogP) is 13.1. The molecule has 0 aliphatic carbocycles. The molecule has 11 aromatic rings. The van der Waals surface area contributed by atoms with Crippen LogP contribution < -0.4 is 0 Å². The van der Waals surface area contributed by atoms with Crippen LogP contribution in [0.4, 0.5) is 5.69 Å². The lowest BCUT2D eigenvalue weighted by molar-refractivity contribution is 1.16. The number of rotatable bonds is 4. The van der Waals surface area contributed by atoms with Gasteiger partial charge in [0.15, 0.2) is 5.69 Å². The van der Waals surface area contributed by atoms with E-state index in [1.165, 1.54) is 21.8 Å². The average molecular weight is 700 g/mol. The lowest BCUT2D eigenvalue weighted by Crippen LogP contribution is -2.00. The second-order valence-corrected chi connectivity index (χ2v) is 14.0. The summed E-state index contributed by atoms with van der Waals surface area (Å²) in [6.07, 6.45) is 0. The van der Waals surface area contributed by atoms with Gasteiger partial charge < -0.3 is 13.7 Å². The molecule has 0 saturated heterocycles. The maximum absolute atomic E-state index is 10.1. The highest BCUT2D eigenvalue weighted by molar-refractivity contribution is 6.13. The Morgan fingerprint density at radius 3 is 1.60 bits per heavy atom. The number of para-hydroxylation sites is 4. The van der Waals surface area contributed by atoms with Crippen molar-refractivity contribution in [2.75, 3.05) is 0 Å². The molecule has 5 nitrogen and oxygen atoms in total. The molecule has 0 amide bonds. The maximum Gasteiger partial charge on any atom is 0.189 e. The maximum atomic E-state index is 10.1. The van der Waals surface area contributed by atoms with Gasteiger partial charge in [0.1, 0.15) is 0 Å². The predicted molar refractivity (Wildman–Crippen MR) is 226 cm³/mol. The minimum Gasteiger partial charge on any atom is -0.310 e. The third-order valence-electron chi connectivity index (χ3n) is 11.1. The number of fused-ring (bicyclic) bond motifs is 9. The van der Waals surface area contributed by atoms with Crippen molar-refractivity contribution in [1.82, 2.24) is 13.7 Å². The molecule has 11 rings (SSSR count). The van der Waals surface area contributed by atoms with E-state index in [0.29, 0.717) is 11.3 Å². The van der Waals surface area contributed by atoms with E-state index in [2.05, 4.69) is 176 Å². The molecule has 0 unspecified atom stereocenters. The second-order valence-electron chi connectivity index (χ2n) is 14.0. The summed E-state index contributed by atoms with van der Waals surface area (Å²) < 4.78 is 6.95. The fraction of sp³-hybridized carbons (Fsp3) is 0. The standard InChI is InChI=1S/C50H29N5/c1-52-34-22-24-41-39-15-4-8-19-46(39)54(50(41)29-34)35-12-10-11-33(28-35)42-27-32(31-51)21-25-48(42)55-47-20-9-5-16-40(47)43-30-36(23-26-49(43)55)53-44-17-6-2-13-37(44)38-14-3-7-18-45(38)53/h2-30H. The van der Waals surface area contributed by atoms with Gasteiger partial charge in [0.05, 0.1) is 51.5 Å². The Balaban J connectivity index is 1.15. The first-order valence-electron chi connectivity index (χ1n) is 18.3. The lowest BCUT2D eigenvalue weighted by atomic mass is 10.00. The van der Waals surface area contributed by atoms with E-state index in [0.717, 1.165) is 71.8 Å². The summed E-state index contributed by atoms with van der Waals surface area (Å²) in [5, 5.41) is 17.2. The van der Waals surface area contributed by atoms with Crippen molar-refractivity contribution in [3.05, 3.63) is 193 Å². The van der Waals surface area contributed by atoms with Crippen LogP contribution in [-0.4, -0.2) is 13.7 Å². The first kappa shape index (κ1) is 30.7. The van der Waals surface area contributed by atoms with E-state index >= 15 is 0 Å². The summed E-state index contributed by atoms with van der Waals surface area (Å²) in [5.74, 6) is 0. The molecule has 0 radical (unpaired) electrons. The molecule has 55 heavy (non-hydrogen) atoms. The normalized spacial score (nSPS) is 11.6. The molecule has 0 spiro atoms. The molecule has 254 valence electrons. The summed E-state index contributed by atoms with van der Waals surface area (Å²) >= 11 is 0. The van der Waals surface area contributed by atoms with Gasteiger partial charge in [0.25, 0.3) is 0 Å². The Labute approximate surface area is 316 Å². The van der Waals surface area contributed by atoms with Crippen LogP contribution in [0.15, 0.2) is 176 Å². The SMILES string of the molecule is [C-]#[N+]c1ccc2c3ccccc3n(-c3cccc(-c4cc(C#N)ccc4-n4c5ccccc5c5cc(-n6c7ccccc7c7ccccc76)ccc54)c3)c2c1. The van der Waals surface area contributed by atoms with E-state index in [1.807, 2.05) is 24.3 Å². The highest BCUT2D eigenvalue weighted by Crippen LogP contribution is 2.41. The Hall–Kier alpha value is -7.86. The Kier molecular flexibility index (Phi) is 6.61. The van der Waals surface area contributed by atoms with E-state index < -0.39 is 0 Å². The number of aromatic nitrogens is 3. The van der Waals surface area contributed by atoms with Crippen LogP contribution in [0.1, 0.15) is 5.56 Å². The molecule has 0 saturated carbocycles. The summed E-state index contributed by atoms with van der Waals surface area (Å²) in [6, 6.07) is 63.8. The smallest absolute Gasteiger partial charge is 0.189 e. The quantitative estimate of drug-likeness (QED) is 0.169. The van der Waals surface area contributed by atoms with Gasteiger partial charge in [-0.3, -0.25) is 0 Å². The van der Waals surface area contributed by atoms with Crippen LogP contribution in [0.5, 0.6) is 0 Å². The Bertz CT molecular complexity index is 3420. The fourth-order valence-corrected chi connectivity index (χ4v) is 8.71. The first-order valence-corrected chi connectivity index (χ1v) is 18.3. The molecule has 3 heterocycles. The monoisotopic (exact) mass is 699 g/mol. The number of nitrogens with zero attached hydrogens (tertiary/aromatic N) is 5. The third-order valence-corrected chi connectivity index (χ3v) is 11.1. The summed E-state index contributed by atoms with van der Waals surface area (Å²) in [4.78, 5) is 3.75. The van der Waals surface area contributed by atoms with Crippen LogP contribution >= 0.6 is 0 Å². The van der Waals surface area contributed by atoms with Crippen LogP contribution in [0.25, 0.3) is 98.5 Å². The molecule has 0 aliphatic rings. The van der Waals surface area contributed by atoms with Crippen molar-refractivity contribution >= 4 is 71.1 Å². The van der Waals surface area contributed by atoms with Gasteiger partial charge in [-0.25, -0.2) is 4.85 Å². The highest BCUT2D eigenvalue weighted by Gasteiger charge is 2.20. The molecule has 0 bridgehead atoms. The molecule has 0 atom stereocenters. The van der Waals surface area contributed by atoms with E-state index in [9.17, 15) is 5.26 Å². The number of benzene rings is 8. The number of hydrogen-bond acceptors (Lipinski definition) is 1. The molecule has 0 aliphatic heterocycles. The van der Waals surface area contributed by atoms with Crippen molar-refractivity contribution in [2.24, 2.45) is 0 Å². The highest BCUT2D eigenvalue weighted by atomic mass is 15.0.